The fourth-order valence-electron chi connectivity index (χ4n) is 2.02. The van der Waals surface area contributed by atoms with E-state index in [1.807, 2.05) is 4.40 Å². The van der Waals surface area contributed by atoms with Gasteiger partial charge in [-0.15, -0.1) is 0 Å². The number of aromatic nitrogens is 3. The molecule has 0 saturated heterocycles. The molecule has 3 rings (SSSR count). The van der Waals surface area contributed by atoms with Crippen LogP contribution in [0.2, 0.25) is 0 Å². The first-order chi connectivity index (χ1) is 7.16. The molecule has 2 heterocycles. The smallest absolute Gasteiger partial charge is 0.249 e. The van der Waals surface area contributed by atoms with Gasteiger partial charge in [-0.05, 0) is 0 Å². The van der Waals surface area contributed by atoms with Gasteiger partial charge in [0.1, 0.15) is 5.82 Å². The van der Waals surface area contributed by atoms with E-state index in [2.05, 4.69) is 9.97 Å². The molecule has 1 fully saturated rings. The maximum atomic E-state index is 12.7. The minimum Gasteiger partial charge on any atom is -0.300 e. The van der Waals surface area contributed by atoms with Crippen LogP contribution >= 0.6 is 0 Å². The van der Waals surface area contributed by atoms with E-state index in [-0.39, 0.29) is 18.8 Å². The van der Waals surface area contributed by atoms with Crippen LogP contribution < -0.4 is 0 Å². The molecule has 78 valence electrons. The lowest BCUT2D eigenvalue weighted by Crippen LogP contribution is -2.34. The molecule has 0 unspecified atom stereocenters. The number of halogens is 2. The number of hydrogen-bond acceptors (Lipinski definition) is 2. The predicted molar refractivity (Wildman–Crippen MR) is 49.9 cm³/mol. The molecular weight excluding hydrogens is 200 g/mol. The molecule has 0 amide bonds. The summed E-state index contributed by atoms with van der Waals surface area (Å²) >= 11 is 0. The Kier molecular flexibility index (Phi) is 1.60. The summed E-state index contributed by atoms with van der Waals surface area (Å²) in [5.74, 6) is -1.90. The summed E-state index contributed by atoms with van der Waals surface area (Å²) in [5, 5.41) is 0. The van der Waals surface area contributed by atoms with Crippen molar-refractivity contribution in [2.75, 3.05) is 0 Å². The summed E-state index contributed by atoms with van der Waals surface area (Å²) in [6, 6.07) is 0. The molecule has 0 radical (unpaired) electrons. The Hall–Kier alpha value is -1.52. The van der Waals surface area contributed by atoms with E-state index in [1.165, 1.54) is 0 Å². The molecule has 3 nitrogen and oxygen atoms in total. The molecule has 1 aliphatic rings. The highest BCUT2D eigenvalue weighted by molar-refractivity contribution is 5.43. The van der Waals surface area contributed by atoms with Crippen molar-refractivity contribution in [2.45, 2.75) is 24.7 Å². The zero-order valence-electron chi connectivity index (χ0n) is 7.90. The molecule has 0 spiro atoms. The van der Waals surface area contributed by atoms with Crippen LogP contribution in [0.1, 0.15) is 24.6 Å². The van der Waals surface area contributed by atoms with Gasteiger partial charge in [-0.2, -0.15) is 0 Å². The van der Waals surface area contributed by atoms with Gasteiger partial charge in [0.15, 0.2) is 0 Å². The van der Waals surface area contributed by atoms with E-state index in [1.54, 1.807) is 24.8 Å². The van der Waals surface area contributed by atoms with Gasteiger partial charge in [-0.1, -0.05) is 0 Å². The van der Waals surface area contributed by atoms with Crippen LogP contribution in [0.4, 0.5) is 8.78 Å². The maximum Gasteiger partial charge on any atom is 0.249 e. The molecule has 2 aromatic heterocycles. The Balaban J connectivity index is 1.99. The Morgan fingerprint density at radius 3 is 2.87 bits per heavy atom. The largest absolute Gasteiger partial charge is 0.300 e. The van der Waals surface area contributed by atoms with Crippen molar-refractivity contribution >= 4 is 5.52 Å². The second-order valence-electron chi connectivity index (χ2n) is 3.95. The average molecular weight is 209 g/mol. The lowest BCUT2D eigenvalue weighted by atomic mass is 9.81. The number of fused-ring (bicyclic) bond motifs is 1. The summed E-state index contributed by atoms with van der Waals surface area (Å²) in [6.45, 7) is 0. The first kappa shape index (κ1) is 8.76. The first-order valence-electron chi connectivity index (χ1n) is 4.80. The molecule has 2 aromatic rings. The van der Waals surface area contributed by atoms with Crippen molar-refractivity contribution in [1.82, 2.24) is 14.4 Å². The van der Waals surface area contributed by atoms with Crippen molar-refractivity contribution in [3.8, 4) is 0 Å². The van der Waals surface area contributed by atoms with E-state index in [0.29, 0.717) is 0 Å². The van der Waals surface area contributed by atoms with Crippen LogP contribution in [0, 0.1) is 0 Å². The summed E-state index contributed by atoms with van der Waals surface area (Å²) in [4.78, 5) is 8.12. The lowest BCUT2D eigenvalue weighted by Gasteiger charge is -2.33. The van der Waals surface area contributed by atoms with E-state index in [9.17, 15) is 8.78 Å². The minimum atomic E-state index is -2.50. The number of hydrogen-bond donors (Lipinski definition) is 0. The molecule has 0 bridgehead atoms. The minimum absolute atomic E-state index is 0.0889. The van der Waals surface area contributed by atoms with Crippen LogP contribution in [0.5, 0.6) is 0 Å². The quantitative estimate of drug-likeness (QED) is 0.721. The number of alkyl halides is 2. The Morgan fingerprint density at radius 2 is 2.13 bits per heavy atom. The van der Waals surface area contributed by atoms with Crippen molar-refractivity contribution < 1.29 is 8.78 Å². The molecule has 5 heteroatoms. The number of imidazole rings is 1. The molecule has 1 aliphatic carbocycles. The van der Waals surface area contributed by atoms with E-state index >= 15 is 0 Å². The highest BCUT2D eigenvalue weighted by Crippen LogP contribution is 2.47. The summed E-state index contributed by atoms with van der Waals surface area (Å²) in [7, 11) is 0. The third kappa shape index (κ3) is 1.30. The number of rotatable bonds is 1. The van der Waals surface area contributed by atoms with Crippen LogP contribution in [0.15, 0.2) is 24.8 Å². The highest BCUT2D eigenvalue weighted by atomic mass is 19.3. The monoisotopic (exact) mass is 209 g/mol. The Bertz CT molecular complexity index is 498. The van der Waals surface area contributed by atoms with Crippen molar-refractivity contribution in [2.24, 2.45) is 0 Å². The molecule has 0 aromatic carbocycles. The van der Waals surface area contributed by atoms with Crippen molar-refractivity contribution in [3.63, 3.8) is 0 Å². The lowest BCUT2D eigenvalue weighted by molar-refractivity contribution is -0.0886. The number of nitrogens with zero attached hydrogens (tertiary/aromatic N) is 3. The molecule has 0 atom stereocenters. The molecular formula is C10H9F2N3. The van der Waals surface area contributed by atoms with Gasteiger partial charge in [0.25, 0.3) is 0 Å². The molecule has 0 N–H and O–H groups in total. The SMILES string of the molecule is FC1(F)CC(c2ncc3cnccn23)C1. The molecule has 15 heavy (non-hydrogen) atoms. The first-order valence-corrected chi connectivity index (χ1v) is 4.80. The average Bonchev–Trinajstić information content (AvgIpc) is 2.57. The Morgan fingerprint density at radius 1 is 1.33 bits per heavy atom. The van der Waals surface area contributed by atoms with Gasteiger partial charge < -0.3 is 4.40 Å². The van der Waals surface area contributed by atoms with Gasteiger partial charge in [-0.3, -0.25) is 4.98 Å². The van der Waals surface area contributed by atoms with Crippen LogP contribution in [-0.2, 0) is 0 Å². The van der Waals surface area contributed by atoms with Gasteiger partial charge in [0, 0.05) is 31.2 Å². The predicted octanol–water partition coefficient (Wildman–Crippen LogP) is 2.24. The third-order valence-electron chi connectivity index (χ3n) is 2.82. The van der Waals surface area contributed by atoms with Gasteiger partial charge >= 0.3 is 0 Å². The van der Waals surface area contributed by atoms with Crippen molar-refractivity contribution in [3.05, 3.63) is 30.6 Å². The third-order valence-corrected chi connectivity index (χ3v) is 2.82. The fraction of sp³-hybridized carbons (Fsp3) is 0.400. The van der Waals surface area contributed by atoms with E-state index in [0.717, 1.165) is 11.3 Å². The standard InChI is InChI=1S/C10H9F2N3/c11-10(12)3-7(4-10)9-14-6-8-5-13-1-2-15(8)9/h1-2,5-7H,3-4H2. The van der Waals surface area contributed by atoms with Crippen LogP contribution in [0.25, 0.3) is 5.52 Å². The molecule has 0 aliphatic heterocycles. The van der Waals surface area contributed by atoms with Crippen LogP contribution in [0.3, 0.4) is 0 Å². The van der Waals surface area contributed by atoms with E-state index in [4.69, 9.17) is 0 Å². The Labute approximate surface area is 84.8 Å². The van der Waals surface area contributed by atoms with E-state index < -0.39 is 5.92 Å². The second kappa shape index (κ2) is 2.74. The van der Waals surface area contributed by atoms with Gasteiger partial charge in [-0.25, -0.2) is 13.8 Å². The van der Waals surface area contributed by atoms with Gasteiger partial charge in [0.05, 0.1) is 17.9 Å². The second-order valence-corrected chi connectivity index (χ2v) is 3.95. The van der Waals surface area contributed by atoms with Crippen LogP contribution in [-0.4, -0.2) is 20.3 Å². The zero-order valence-corrected chi connectivity index (χ0v) is 7.90. The highest BCUT2D eigenvalue weighted by Gasteiger charge is 2.47. The maximum absolute atomic E-state index is 12.7. The van der Waals surface area contributed by atoms with Crippen molar-refractivity contribution in [1.29, 1.82) is 0 Å². The summed E-state index contributed by atoms with van der Waals surface area (Å²) in [6.07, 6.45) is 6.55. The normalized spacial score (nSPS) is 20.4. The fourth-order valence-corrected chi connectivity index (χ4v) is 2.02. The topological polar surface area (TPSA) is 30.2 Å². The zero-order chi connectivity index (χ0) is 10.5. The molecule has 1 saturated carbocycles. The summed E-state index contributed by atoms with van der Waals surface area (Å²) < 4.78 is 27.3. The van der Waals surface area contributed by atoms with Gasteiger partial charge in [0.2, 0.25) is 5.92 Å². The summed E-state index contributed by atoms with van der Waals surface area (Å²) in [5.41, 5.74) is 0.850.